The van der Waals surface area contributed by atoms with Crippen LogP contribution < -0.4 is 9.64 Å². The highest BCUT2D eigenvalue weighted by molar-refractivity contribution is 6.23. The van der Waals surface area contributed by atoms with Gasteiger partial charge in [-0.05, 0) is 101 Å². The van der Waals surface area contributed by atoms with Crippen LogP contribution in [-0.2, 0) is 14.4 Å². The molecule has 1 aliphatic heterocycles. The molecule has 1 atom stereocenters. The van der Waals surface area contributed by atoms with Crippen molar-refractivity contribution in [2.75, 3.05) is 12.0 Å². The van der Waals surface area contributed by atoms with Crippen molar-refractivity contribution < 1.29 is 19.1 Å². The summed E-state index contributed by atoms with van der Waals surface area (Å²) in [4.78, 5) is 44.3. The van der Waals surface area contributed by atoms with E-state index in [1.54, 1.807) is 31.4 Å². The Kier molecular flexibility index (Phi) is 5.33. The fourth-order valence-corrected chi connectivity index (χ4v) is 7.46. The molecule has 0 radical (unpaired) electrons. The Morgan fingerprint density at radius 3 is 2.09 bits per heavy atom. The number of anilines is 1. The zero-order valence-corrected chi connectivity index (χ0v) is 20.3. The Morgan fingerprint density at radius 1 is 1.06 bits per heavy atom. The topological polar surface area (TPSA) is 66.9 Å². The molecule has 5 aliphatic rings. The van der Waals surface area contributed by atoms with E-state index in [-0.39, 0.29) is 29.6 Å². The SMILES string of the molecule is CCC(C)(C)N(C(=O)C12CC3CC(CC(C3)C1)C2)C1CC(=O)N(c2ccc(OC)cc2)C1=O. The van der Waals surface area contributed by atoms with Crippen LogP contribution in [0.3, 0.4) is 0 Å². The van der Waals surface area contributed by atoms with E-state index in [1.807, 2.05) is 18.7 Å². The molecule has 4 bridgehead atoms. The van der Waals surface area contributed by atoms with Crippen molar-refractivity contribution in [2.45, 2.75) is 83.7 Å². The van der Waals surface area contributed by atoms with Crippen LogP contribution >= 0.6 is 0 Å². The van der Waals surface area contributed by atoms with Gasteiger partial charge in [-0.25, -0.2) is 4.90 Å². The molecule has 0 N–H and O–H groups in total. The minimum absolute atomic E-state index is 0.0480. The molecule has 4 saturated carbocycles. The number of amides is 3. The molecule has 0 aromatic heterocycles. The normalized spacial score (nSPS) is 33.0. The first kappa shape index (κ1) is 22.4. The molecule has 6 heteroatoms. The van der Waals surface area contributed by atoms with Gasteiger partial charge in [0.25, 0.3) is 5.91 Å². The Bertz CT molecular complexity index is 932. The number of rotatable bonds is 6. The van der Waals surface area contributed by atoms with Crippen molar-refractivity contribution in [1.29, 1.82) is 0 Å². The monoisotopic (exact) mass is 452 g/mol. The van der Waals surface area contributed by atoms with Crippen molar-refractivity contribution in [2.24, 2.45) is 23.2 Å². The Labute approximate surface area is 196 Å². The molecule has 178 valence electrons. The molecule has 1 heterocycles. The maximum atomic E-state index is 14.4. The van der Waals surface area contributed by atoms with E-state index in [2.05, 4.69) is 6.92 Å². The number of carbonyl (C=O) groups is 3. The van der Waals surface area contributed by atoms with Gasteiger partial charge in [0, 0.05) is 5.54 Å². The Hall–Kier alpha value is -2.37. The number of carbonyl (C=O) groups excluding carboxylic acids is 3. The zero-order valence-electron chi connectivity index (χ0n) is 20.3. The first-order chi connectivity index (χ1) is 15.7. The lowest BCUT2D eigenvalue weighted by molar-refractivity contribution is -0.168. The van der Waals surface area contributed by atoms with E-state index in [0.717, 1.165) is 25.7 Å². The Balaban J connectivity index is 1.48. The second-order valence-corrected chi connectivity index (χ2v) is 11.5. The van der Waals surface area contributed by atoms with E-state index < -0.39 is 11.6 Å². The van der Waals surface area contributed by atoms with E-state index in [1.165, 1.54) is 24.2 Å². The first-order valence-corrected chi connectivity index (χ1v) is 12.5. The number of ether oxygens (including phenoxy) is 1. The number of hydrogen-bond acceptors (Lipinski definition) is 4. The van der Waals surface area contributed by atoms with E-state index >= 15 is 0 Å². The highest BCUT2D eigenvalue weighted by Gasteiger charge is 2.59. The highest BCUT2D eigenvalue weighted by Crippen LogP contribution is 2.61. The van der Waals surface area contributed by atoms with Crippen LogP contribution in [0.2, 0.25) is 0 Å². The molecule has 6 rings (SSSR count). The fourth-order valence-electron chi connectivity index (χ4n) is 7.46. The molecule has 33 heavy (non-hydrogen) atoms. The fraction of sp³-hybridized carbons (Fsp3) is 0.667. The molecule has 1 aromatic carbocycles. The van der Waals surface area contributed by atoms with Crippen molar-refractivity contribution in [1.82, 2.24) is 4.90 Å². The van der Waals surface area contributed by atoms with Gasteiger partial charge < -0.3 is 9.64 Å². The van der Waals surface area contributed by atoms with E-state index in [0.29, 0.717) is 29.2 Å². The maximum Gasteiger partial charge on any atom is 0.257 e. The van der Waals surface area contributed by atoms with Crippen LogP contribution in [0.25, 0.3) is 0 Å². The van der Waals surface area contributed by atoms with Gasteiger partial charge in [-0.2, -0.15) is 0 Å². The summed E-state index contributed by atoms with van der Waals surface area (Å²) in [7, 11) is 1.58. The third kappa shape index (κ3) is 3.57. The number of nitrogens with zero attached hydrogens (tertiary/aromatic N) is 2. The number of benzene rings is 1. The van der Waals surface area contributed by atoms with Crippen molar-refractivity contribution in [3.63, 3.8) is 0 Å². The minimum atomic E-state index is -0.741. The van der Waals surface area contributed by atoms with Crippen LogP contribution in [0.5, 0.6) is 5.75 Å². The van der Waals surface area contributed by atoms with Gasteiger partial charge in [-0.3, -0.25) is 14.4 Å². The molecular formula is C27H36N2O4. The third-order valence-electron chi connectivity index (χ3n) is 8.99. The summed E-state index contributed by atoms with van der Waals surface area (Å²) in [6.45, 7) is 6.14. The van der Waals surface area contributed by atoms with Crippen LogP contribution in [0.15, 0.2) is 24.3 Å². The number of methoxy groups -OCH3 is 1. The summed E-state index contributed by atoms with van der Waals surface area (Å²) in [5, 5.41) is 0. The molecule has 1 aromatic rings. The maximum absolute atomic E-state index is 14.4. The summed E-state index contributed by atoms with van der Waals surface area (Å²) >= 11 is 0. The summed E-state index contributed by atoms with van der Waals surface area (Å²) in [5.74, 6) is 2.18. The lowest BCUT2D eigenvalue weighted by Crippen LogP contribution is -2.62. The molecule has 1 saturated heterocycles. The Morgan fingerprint density at radius 2 is 1.61 bits per heavy atom. The van der Waals surface area contributed by atoms with Crippen LogP contribution in [0.1, 0.15) is 72.1 Å². The summed E-state index contributed by atoms with van der Waals surface area (Å²) < 4.78 is 5.21. The van der Waals surface area contributed by atoms with Crippen molar-refractivity contribution in [3.05, 3.63) is 24.3 Å². The van der Waals surface area contributed by atoms with Gasteiger partial charge in [0.1, 0.15) is 11.8 Å². The van der Waals surface area contributed by atoms with Crippen LogP contribution in [0.4, 0.5) is 5.69 Å². The molecule has 6 nitrogen and oxygen atoms in total. The van der Waals surface area contributed by atoms with Gasteiger partial charge in [0.05, 0.1) is 24.6 Å². The largest absolute Gasteiger partial charge is 0.497 e. The predicted molar refractivity (Wildman–Crippen MR) is 126 cm³/mol. The summed E-state index contributed by atoms with van der Waals surface area (Å²) in [6.07, 6.45) is 7.40. The lowest BCUT2D eigenvalue weighted by Gasteiger charge is -2.58. The molecule has 5 fully saturated rings. The molecular weight excluding hydrogens is 416 g/mol. The number of hydrogen-bond donors (Lipinski definition) is 0. The average Bonchev–Trinajstić information content (AvgIpc) is 3.06. The quantitative estimate of drug-likeness (QED) is 0.594. The second kappa shape index (κ2) is 7.85. The van der Waals surface area contributed by atoms with Gasteiger partial charge >= 0.3 is 0 Å². The zero-order chi connectivity index (χ0) is 23.5. The molecule has 3 amide bonds. The van der Waals surface area contributed by atoms with Gasteiger partial charge in [-0.15, -0.1) is 0 Å². The van der Waals surface area contributed by atoms with Gasteiger partial charge in [0.2, 0.25) is 11.8 Å². The smallest absolute Gasteiger partial charge is 0.257 e. The van der Waals surface area contributed by atoms with E-state index in [4.69, 9.17) is 4.74 Å². The minimum Gasteiger partial charge on any atom is -0.497 e. The van der Waals surface area contributed by atoms with Gasteiger partial charge in [0.15, 0.2) is 0 Å². The summed E-state index contributed by atoms with van der Waals surface area (Å²) in [5.41, 5.74) is -0.320. The van der Waals surface area contributed by atoms with Crippen LogP contribution in [0, 0.1) is 23.2 Å². The molecule has 1 unspecified atom stereocenters. The van der Waals surface area contributed by atoms with Crippen LogP contribution in [-0.4, -0.2) is 41.3 Å². The third-order valence-corrected chi connectivity index (χ3v) is 8.99. The second-order valence-electron chi connectivity index (χ2n) is 11.5. The summed E-state index contributed by atoms with van der Waals surface area (Å²) in [6, 6.07) is 6.21. The van der Waals surface area contributed by atoms with Crippen molar-refractivity contribution in [3.8, 4) is 5.75 Å². The van der Waals surface area contributed by atoms with Crippen molar-refractivity contribution >= 4 is 23.4 Å². The molecule has 4 aliphatic carbocycles. The standard InChI is InChI=1S/C27H36N2O4/c1-5-26(2,3)29(25(32)27-14-17-10-18(15-27)12-19(11-17)16-27)22-13-23(30)28(24(22)31)20-6-8-21(33-4)9-7-20/h6-9,17-19,22H,5,10-16H2,1-4H3. The number of imide groups is 1. The molecule has 0 spiro atoms. The van der Waals surface area contributed by atoms with E-state index in [9.17, 15) is 14.4 Å². The lowest BCUT2D eigenvalue weighted by atomic mass is 9.49. The van der Waals surface area contributed by atoms with Gasteiger partial charge in [-0.1, -0.05) is 6.92 Å². The first-order valence-electron chi connectivity index (χ1n) is 12.5. The average molecular weight is 453 g/mol. The highest BCUT2D eigenvalue weighted by atomic mass is 16.5. The predicted octanol–water partition coefficient (Wildman–Crippen LogP) is 4.56.